The van der Waals surface area contributed by atoms with Gasteiger partial charge in [0.25, 0.3) is 0 Å². The first-order valence-electron chi connectivity index (χ1n) is 7.18. The van der Waals surface area contributed by atoms with Crippen LogP contribution in [0.5, 0.6) is 0 Å². The zero-order chi connectivity index (χ0) is 15.0. The fourth-order valence-corrected chi connectivity index (χ4v) is 2.49. The summed E-state index contributed by atoms with van der Waals surface area (Å²) in [4.78, 5) is 9.01. The predicted octanol–water partition coefficient (Wildman–Crippen LogP) is 4.25. The van der Waals surface area contributed by atoms with Crippen LogP contribution >= 0.6 is 0 Å². The fraction of sp³-hybridized carbons (Fsp3) is 0.294. The Morgan fingerprint density at radius 1 is 1.10 bits per heavy atom. The molecule has 0 spiro atoms. The molecule has 0 unspecified atom stereocenters. The van der Waals surface area contributed by atoms with E-state index >= 15 is 0 Å². The maximum Gasteiger partial charge on any atom is 0.154 e. The van der Waals surface area contributed by atoms with Crippen LogP contribution in [0.15, 0.2) is 28.7 Å². The number of rotatable bonds is 3. The zero-order valence-electron chi connectivity index (χ0n) is 12.8. The lowest BCUT2D eigenvalue weighted by molar-refractivity contribution is 0.627. The Morgan fingerprint density at radius 2 is 1.90 bits per heavy atom. The molecule has 0 fully saturated rings. The Morgan fingerprint density at radius 3 is 2.67 bits per heavy atom. The molecule has 0 saturated heterocycles. The number of hydrogen-bond acceptors (Lipinski definition) is 4. The van der Waals surface area contributed by atoms with Crippen LogP contribution in [0.2, 0.25) is 0 Å². The van der Waals surface area contributed by atoms with Crippen LogP contribution < -0.4 is 5.32 Å². The van der Waals surface area contributed by atoms with E-state index in [4.69, 9.17) is 4.42 Å². The summed E-state index contributed by atoms with van der Waals surface area (Å²) >= 11 is 0. The van der Waals surface area contributed by atoms with Gasteiger partial charge in [-0.05, 0) is 45.9 Å². The Kier molecular flexibility index (Phi) is 3.37. The highest BCUT2D eigenvalue weighted by atomic mass is 16.3. The van der Waals surface area contributed by atoms with Gasteiger partial charge in [0, 0.05) is 17.5 Å². The third-order valence-electron chi connectivity index (χ3n) is 3.51. The largest absolute Gasteiger partial charge is 0.454 e. The minimum absolute atomic E-state index is 0.739. The minimum Gasteiger partial charge on any atom is -0.454 e. The molecule has 3 rings (SSSR count). The van der Waals surface area contributed by atoms with Gasteiger partial charge in [0.15, 0.2) is 5.76 Å². The van der Waals surface area contributed by atoms with Gasteiger partial charge in [-0.1, -0.05) is 11.6 Å². The van der Waals surface area contributed by atoms with E-state index in [2.05, 4.69) is 41.3 Å². The molecule has 4 nitrogen and oxygen atoms in total. The number of aromatic nitrogens is 2. The van der Waals surface area contributed by atoms with E-state index < -0.39 is 0 Å². The molecule has 21 heavy (non-hydrogen) atoms. The monoisotopic (exact) mass is 281 g/mol. The van der Waals surface area contributed by atoms with Gasteiger partial charge in [0.2, 0.25) is 0 Å². The van der Waals surface area contributed by atoms with E-state index in [1.807, 2.05) is 26.0 Å². The van der Waals surface area contributed by atoms with Crippen LogP contribution in [0, 0.1) is 20.8 Å². The number of nitrogens with one attached hydrogen (secondary N) is 1. The summed E-state index contributed by atoms with van der Waals surface area (Å²) in [5.41, 5.74) is 3.97. The zero-order valence-corrected chi connectivity index (χ0v) is 12.8. The van der Waals surface area contributed by atoms with Crippen molar-refractivity contribution < 1.29 is 4.42 Å². The molecule has 108 valence electrons. The average Bonchev–Trinajstić information content (AvgIpc) is 2.85. The summed E-state index contributed by atoms with van der Waals surface area (Å²) < 4.78 is 5.96. The number of benzene rings is 1. The van der Waals surface area contributed by atoms with Gasteiger partial charge >= 0.3 is 0 Å². The van der Waals surface area contributed by atoms with Crippen LogP contribution in [0.25, 0.3) is 22.4 Å². The van der Waals surface area contributed by atoms with Crippen LogP contribution in [0.1, 0.15) is 23.9 Å². The van der Waals surface area contributed by atoms with Gasteiger partial charge in [-0.25, -0.2) is 9.97 Å². The first-order chi connectivity index (χ1) is 10.1. The average molecular weight is 281 g/mol. The highest BCUT2D eigenvalue weighted by molar-refractivity contribution is 5.83. The van der Waals surface area contributed by atoms with Crippen molar-refractivity contribution in [1.82, 2.24) is 9.97 Å². The molecule has 0 atom stereocenters. The van der Waals surface area contributed by atoms with Gasteiger partial charge in [-0.15, -0.1) is 0 Å². The molecule has 2 aromatic heterocycles. The normalized spacial score (nSPS) is 11.0. The van der Waals surface area contributed by atoms with Crippen molar-refractivity contribution in [2.75, 3.05) is 11.9 Å². The number of furan rings is 1. The van der Waals surface area contributed by atoms with E-state index in [9.17, 15) is 0 Å². The molecule has 0 aliphatic rings. The van der Waals surface area contributed by atoms with Crippen molar-refractivity contribution >= 4 is 16.8 Å². The molecule has 0 aliphatic carbocycles. The van der Waals surface area contributed by atoms with Crippen LogP contribution in [-0.2, 0) is 0 Å². The number of anilines is 1. The first-order valence-corrected chi connectivity index (χ1v) is 7.18. The molecule has 0 saturated carbocycles. The summed E-state index contributed by atoms with van der Waals surface area (Å²) in [7, 11) is 0. The van der Waals surface area contributed by atoms with Crippen LogP contribution in [-0.4, -0.2) is 16.5 Å². The van der Waals surface area contributed by atoms with Crippen molar-refractivity contribution in [3.63, 3.8) is 0 Å². The van der Waals surface area contributed by atoms with E-state index in [-0.39, 0.29) is 0 Å². The van der Waals surface area contributed by atoms with Gasteiger partial charge in [-0.3, -0.25) is 0 Å². The standard InChI is InChI=1S/C17H19N3O/c1-5-18-17-11(3)16(19-12(4)20-17)15-9-13-8-10(2)6-7-14(13)21-15/h6-9H,5H2,1-4H3,(H,18,19,20). The molecular formula is C17H19N3O. The molecule has 2 heterocycles. The molecule has 3 aromatic rings. The molecule has 0 aliphatic heterocycles. The lowest BCUT2D eigenvalue weighted by Gasteiger charge is -2.10. The highest BCUT2D eigenvalue weighted by Crippen LogP contribution is 2.31. The molecule has 1 N–H and O–H groups in total. The van der Waals surface area contributed by atoms with Crippen molar-refractivity contribution in [2.24, 2.45) is 0 Å². The molecular weight excluding hydrogens is 262 g/mol. The molecule has 4 heteroatoms. The SMILES string of the molecule is CCNc1nc(C)nc(-c2cc3cc(C)ccc3o2)c1C. The fourth-order valence-electron chi connectivity index (χ4n) is 2.49. The minimum atomic E-state index is 0.739. The van der Waals surface area contributed by atoms with Gasteiger partial charge in [-0.2, -0.15) is 0 Å². The predicted molar refractivity (Wildman–Crippen MR) is 85.6 cm³/mol. The van der Waals surface area contributed by atoms with E-state index in [0.717, 1.165) is 46.2 Å². The van der Waals surface area contributed by atoms with Gasteiger partial charge < -0.3 is 9.73 Å². The third-order valence-corrected chi connectivity index (χ3v) is 3.51. The summed E-state index contributed by atoms with van der Waals surface area (Å²) in [5, 5.41) is 4.38. The first kappa shape index (κ1) is 13.6. The molecule has 0 radical (unpaired) electrons. The molecule has 0 bridgehead atoms. The highest BCUT2D eigenvalue weighted by Gasteiger charge is 2.14. The lowest BCUT2D eigenvalue weighted by atomic mass is 10.1. The Hall–Kier alpha value is -2.36. The van der Waals surface area contributed by atoms with Crippen molar-refractivity contribution in [3.8, 4) is 11.5 Å². The van der Waals surface area contributed by atoms with Crippen LogP contribution in [0.4, 0.5) is 5.82 Å². The van der Waals surface area contributed by atoms with Crippen molar-refractivity contribution in [3.05, 3.63) is 41.2 Å². The Labute approximate surface area is 124 Å². The maximum absolute atomic E-state index is 5.96. The maximum atomic E-state index is 5.96. The van der Waals surface area contributed by atoms with Crippen LogP contribution in [0.3, 0.4) is 0 Å². The number of aryl methyl sites for hydroxylation is 2. The third kappa shape index (κ3) is 2.49. The van der Waals surface area contributed by atoms with E-state index in [1.165, 1.54) is 5.56 Å². The summed E-state index contributed by atoms with van der Waals surface area (Å²) in [6, 6.07) is 8.23. The summed E-state index contributed by atoms with van der Waals surface area (Å²) in [6.45, 7) is 8.88. The molecule has 1 aromatic carbocycles. The second kappa shape index (κ2) is 5.20. The molecule has 0 amide bonds. The summed E-state index contributed by atoms with van der Waals surface area (Å²) in [6.07, 6.45) is 0. The van der Waals surface area contributed by atoms with Crippen molar-refractivity contribution in [1.29, 1.82) is 0 Å². The second-order valence-corrected chi connectivity index (χ2v) is 5.28. The Balaban J connectivity index is 2.17. The Bertz CT molecular complexity index is 805. The quantitative estimate of drug-likeness (QED) is 0.780. The van der Waals surface area contributed by atoms with Gasteiger partial charge in [0.05, 0.1) is 0 Å². The smallest absolute Gasteiger partial charge is 0.154 e. The summed E-state index contributed by atoms with van der Waals surface area (Å²) in [5.74, 6) is 2.40. The van der Waals surface area contributed by atoms with E-state index in [0.29, 0.717) is 0 Å². The lowest BCUT2D eigenvalue weighted by Crippen LogP contribution is -2.05. The topological polar surface area (TPSA) is 51.0 Å². The van der Waals surface area contributed by atoms with Gasteiger partial charge in [0.1, 0.15) is 22.9 Å². The van der Waals surface area contributed by atoms with E-state index in [1.54, 1.807) is 0 Å². The number of nitrogens with zero attached hydrogens (tertiary/aromatic N) is 2. The number of hydrogen-bond donors (Lipinski definition) is 1. The second-order valence-electron chi connectivity index (χ2n) is 5.28. The van der Waals surface area contributed by atoms with Crippen molar-refractivity contribution in [2.45, 2.75) is 27.7 Å². The number of fused-ring (bicyclic) bond motifs is 1.